The molecule has 0 bridgehead atoms. The van der Waals surface area contributed by atoms with Gasteiger partial charge in [-0.25, -0.2) is 9.78 Å². The van der Waals surface area contributed by atoms with Gasteiger partial charge in [0.2, 0.25) is 0 Å². The summed E-state index contributed by atoms with van der Waals surface area (Å²) in [6, 6.07) is 3.84. The highest BCUT2D eigenvalue weighted by atomic mass is 19.4. The van der Waals surface area contributed by atoms with E-state index in [0.717, 1.165) is 16.7 Å². The van der Waals surface area contributed by atoms with Gasteiger partial charge < -0.3 is 15.6 Å². The molecule has 1 unspecified atom stereocenters. The number of unbranched alkanes of at least 4 members (excludes halogenated alkanes) is 1. The maximum Gasteiger partial charge on any atom is 0.573 e. The summed E-state index contributed by atoms with van der Waals surface area (Å²) >= 11 is 0. The first-order valence-electron chi connectivity index (χ1n) is 8.51. The van der Waals surface area contributed by atoms with Gasteiger partial charge in [0.15, 0.2) is 0 Å². The molecule has 0 aliphatic rings. The van der Waals surface area contributed by atoms with E-state index in [0.29, 0.717) is 24.9 Å². The Balaban J connectivity index is 2.39. The van der Waals surface area contributed by atoms with Crippen molar-refractivity contribution in [1.29, 1.82) is 0 Å². The zero-order valence-corrected chi connectivity index (χ0v) is 15.1. The molecule has 1 heterocycles. The number of nitrogens with two attached hydrogens (primary N) is 1. The molecule has 7 nitrogen and oxygen atoms in total. The highest BCUT2D eigenvalue weighted by Gasteiger charge is 2.31. The lowest BCUT2D eigenvalue weighted by Crippen LogP contribution is -2.32. The largest absolute Gasteiger partial charge is 0.573 e. The Kier molecular flexibility index (Phi) is 6.79. The van der Waals surface area contributed by atoms with Crippen molar-refractivity contribution in [3.8, 4) is 17.0 Å². The van der Waals surface area contributed by atoms with Crippen molar-refractivity contribution in [2.24, 2.45) is 5.73 Å². The summed E-state index contributed by atoms with van der Waals surface area (Å²) in [6.45, 7) is 1.86. The fourth-order valence-corrected chi connectivity index (χ4v) is 2.70. The number of carboxylic acid groups (broad SMARTS) is 1. The number of benzene rings is 1. The second kappa shape index (κ2) is 8.87. The number of hydrogen-bond acceptors (Lipinski definition) is 5. The van der Waals surface area contributed by atoms with Gasteiger partial charge in [-0.15, -0.1) is 13.2 Å². The number of rotatable bonds is 8. The molecule has 0 spiro atoms. The minimum Gasteiger partial charge on any atom is -0.480 e. The Morgan fingerprint density at radius 3 is 2.46 bits per heavy atom. The highest BCUT2D eigenvalue weighted by molar-refractivity contribution is 5.72. The zero-order chi connectivity index (χ0) is 20.9. The second-order valence-corrected chi connectivity index (χ2v) is 6.13. The van der Waals surface area contributed by atoms with E-state index in [9.17, 15) is 27.9 Å². The molecular weight excluding hydrogens is 379 g/mol. The smallest absolute Gasteiger partial charge is 0.480 e. The monoisotopic (exact) mass is 399 g/mol. The van der Waals surface area contributed by atoms with Crippen molar-refractivity contribution >= 4 is 5.97 Å². The van der Waals surface area contributed by atoms with Gasteiger partial charge in [0.05, 0.1) is 5.69 Å². The van der Waals surface area contributed by atoms with Crippen LogP contribution in [0.1, 0.15) is 31.0 Å². The van der Waals surface area contributed by atoms with Gasteiger partial charge in [0.1, 0.15) is 17.5 Å². The highest BCUT2D eigenvalue weighted by Crippen LogP contribution is 2.26. The van der Waals surface area contributed by atoms with Crippen molar-refractivity contribution in [2.75, 3.05) is 6.54 Å². The topological polar surface area (TPSA) is 107 Å². The molecule has 0 aliphatic carbocycles. The molecule has 2 rings (SSSR count). The Labute approximate surface area is 158 Å². The van der Waals surface area contributed by atoms with Crippen LogP contribution in [0.5, 0.6) is 5.75 Å². The van der Waals surface area contributed by atoms with Crippen LogP contribution >= 0.6 is 0 Å². The summed E-state index contributed by atoms with van der Waals surface area (Å²) in [5, 5.41) is 9.51. The van der Waals surface area contributed by atoms with Crippen LogP contribution < -0.4 is 16.0 Å². The maximum absolute atomic E-state index is 12.4. The van der Waals surface area contributed by atoms with E-state index >= 15 is 0 Å². The third-order valence-corrected chi connectivity index (χ3v) is 4.03. The Morgan fingerprint density at radius 2 is 1.93 bits per heavy atom. The molecular formula is C18H20F3N3O4. The lowest BCUT2D eigenvalue weighted by molar-refractivity contribution is -0.274. The van der Waals surface area contributed by atoms with Crippen molar-refractivity contribution in [3.63, 3.8) is 0 Å². The number of carbonyl (C=O) groups is 1. The molecule has 0 radical (unpaired) electrons. The molecule has 1 aromatic heterocycles. The van der Waals surface area contributed by atoms with Gasteiger partial charge in [-0.05, 0) is 57.0 Å². The van der Waals surface area contributed by atoms with Gasteiger partial charge in [-0.3, -0.25) is 9.36 Å². The lowest BCUT2D eigenvalue weighted by atomic mass is 10.1. The number of nitrogens with zero attached hydrogens (tertiary/aromatic N) is 2. The molecule has 0 saturated carbocycles. The molecule has 10 heteroatoms. The molecule has 0 aliphatic heterocycles. The molecule has 0 fully saturated rings. The number of ether oxygens (including phenoxy) is 1. The maximum atomic E-state index is 12.4. The van der Waals surface area contributed by atoms with E-state index < -0.39 is 29.7 Å². The third kappa shape index (κ3) is 5.56. The first-order chi connectivity index (χ1) is 13.1. The second-order valence-electron chi connectivity index (χ2n) is 6.13. The zero-order valence-electron chi connectivity index (χ0n) is 15.1. The Hall–Kier alpha value is -2.88. The Bertz CT molecular complexity index is 879. The summed E-state index contributed by atoms with van der Waals surface area (Å²) in [4.78, 5) is 28.2. The van der Waals surface area contributed by atoms with Crippen LogP contribution in [0.3, 0.4) is 0 Å². The predicted molar refractivity (Wildman–Crippen MR) is 94.9 cm³/mol. The summed E-state index contributed by atoms with van der Waals surface area (Å²) in [7, 11) is 0. The van der Waals surface area contributed by atoms with Crippen molar-refractivity contribution in [3.05, 3.63) is 46.5 Å². The van der Waals surface area contributed by atoms with Crippen LogP contribution in [-0.2, 0) is 4.79 Å². The average molecular weight is 399 g/mol. The first kappa shape index (κ1) is 21.4. The summed E-state index contributed by atoms with van der Waals surface area (Å²) in [5.74, 6) is -1.56. The number of alkyl halides is 3. The standard InChI is InChI=1S/C18H20F3N3O4/c1-11-16(25)24(15(17(26)27)4-2-3-9-22)10-14(23-11)12-5-7-13(8-6-12)28-18(19,20)21/h5-8,10,15H,2-4,9,22H2,1H3,(H,26,27). The van der Waals surface area contributed by atoms with Crippen LogP contribution in [-0.4, -0.2) is 33.5 Å². The van der Waals surface area contributed by atoms with Gasteiger partial charge in [-0.2, -0.15) is 0 Å². The third-order valence-electron chi connectivity index (χ3n) is 4.03. The van der Waals surface area contributed by atoms with Crippen molar-refractivity contribution in [2.45, 2.75) is 38.6 Å². The quantitative estimate of drug-likeness (QED) is 0.661. The number of aromatic nitrogens is 2. The van der Waals surface area contributed by atoms with Gasteiger partial charge in [-0.1, -0.05) is 0 Å². The molecule has 1 atom stereocenters. The number of aryl methyl sites for hydroxylation is 1. The van der Waals surface area contributed by atoms with Crippen LogP contribution in [0, 0.1) is 6.92 Å². The van der Waals surface area contributed by atoms with Crippen LogP contribution in [0.25, 0.3) is 11.3 Å². The molecule has 0 amide bonds. The molecule has 3 N–H and O–H groups in total. The van der Waals surface area contributed by atoms with Gasteiger partial charge in [0.25, 0.3) is 5.56 Å². The summed E-state index contributed by atoms with van der Waals surface area (Å²) in [6.07, 6.45) is -2.14. The molecule has 1 aromatic carbocycles. The first-order valence-corrected chi connectivity index (χ1v) is 8.51. The van der Waals surface area contributed by atoms with Crippen molar-refractivity contribution in [1.82, 2.24) is 9.55 Å². The minimum absolute atomic E-state index is 0.0817. The molecule has 152 valence electrons. The molecule has 28 heavy (non-hydrogen) atoms. The molecule has 0 saturated heterocycles. The molecule has 2 aromatic rings. The van der Waals surface area contributed by atoms with Gasteiger partial charge in [0, 0.05) is 11.8 Å². The predicted octanol–water partition coefficient (Wildman–Crippen LogP) is 2.87. The fourth-order valence-electron chi connectivity index (χ4n) is 2.70. The number of hydrogen-bond donors (Lipinski definition) is 2. The number of aliphatic carboxylic acids is 1. The van der Waals surface area contributed by atoms with E-state index in [1.165, 1.54) is 25.3 Å². The van der Waals surface area contributed by atoms with Crippen LogP contribution in [0.2, 0.25) is 0 Å². The fraction of sp³-hybridized carbons (Fsp3) is 0.389. The average Bonchev–Trinajstić information content (AvgIpc) is 2.60. The van der Waals surface area contributed by atoms with E-state index in [1.54, 1.807) is 0 Å². The minimum atomic E-state index is -4.80. The van der Waals surface area contributed by atoms with Crippen LogP contribution in [0.4, 0.5) is 13.2 Å². The van der Waals surface area contributed by atoms with E-state index in [4.69, 9.17) is 5.73 Å². The van der Waals surface area contributed by atoms with E-state index in [1.807, 2.05) is 0 Å². The summed E-state index contributed by atoms with van der Waals surface area (Å²) in [5.41, 5.74) is 5.65. The summed E-state index contributed by atoms with van der Waals surface area (Å²) < 4.78 is 41.7. The van der Waals surface area contributed by atoms with Gasteiger partial charge >= 0.3 is 12.3 Å². The normalized spacial score (nSPS) is 12.6. The van der Waals surface area contributed by atoms with E-state index in [2.05, 4.69) is 9.72 Å². The number of halogens is 3. The SMILES string of the molecule is Cc1nc(-c2ccc(OC(F)(F)F)cc2)cn(C(CCCCN)C(=O)O)c1=O. The van der Waals surface area contributed by atoms with Crippen molar-refractivity contribution < 1.29 is 27.8 Å². The lowest BCUT2D eigenvalue weighted by Gasteiger charge is -2.17. The van der Waals surface area contributed by atoms with E-state index in [-0.39, 0.29) is 17.8 Å². The van der Waals surface area contributed by atoms with Crippen LogP contribution in [0.15, 0.2) is 35.3 Å². The number of carboxylic acids is 1. The Morgan fingerprint density at radius 1 is 1.29 bits per heavy atom.